The molecule has 24 heavy (non-hydrogen) atoms. The highest BCUT2D eigenvalue weighted by Gasteiger charge is 2.37. The maximum absolute atomic E-state index is 13.0. The fourth-order valence-electron chi connectivity index (χ4n) is 2.54. The van der Waals surface area contributed by atoms with E-state index in [9.17, 15) is 13.2 Å². The van der Waals surface area contributed by atoms with Crippen LogP contribution in [-0.4, -0.2) is 49.9 Å². The third kappa shape index (κ3) is 3.79. The first-order chi connectivity index (χ1) is 11.2. The zero-order valence-corrected chi connectivity index (χ0v) is 15.7. The van der Waals surface area contributed by atoms with Crippen LogP contribution in [0.15, 0.2) is 29.2 Å². The van der Waals surface area contributed by atoms with E-state index in [2.05, 4.69) is 13.8 Å². The Balaban J connectivity index is 2.35. The number of carbonyl (C=O) groups is 1. The van der Waals surface area contributed by atoms with Gasteiger partial charge in [0.15, 0.2) is 0 Å². The van der Waals surface area contributed by atoms with Gasteiger partial charge < -0.3 is 4.90 Å². The normalized spacial score (nSPS) is 16.5. The molecule has 2 rings (SSSR count). The molecule has 0 N–H and O–H groups in total. The van der Waals surface area contributed by atoms with Crippen molar-refractivity contribution in [1.82, 2.24) is 9.37 Å². The smallest absolute Gasteiger partial charge is 0.264 e. The molecule has 0 bridgehead atoms. The van der Waals surface area contributed by atoms with E-state index in [1.807, 2.05) is 11.8 Å². The van der Waals surface area contributed by atoms with Crippen LogP contribution >= 0.6 is 0 Å². The molecule has 0 aliphatic heterocycles. The van der Waals surface area contributed by atoms with E-state index < -0.39 is 10.0 Å². The van der Waals surface area contributed by atoms with Gasteiger partial charge in [0.25, 0.3) is 15.9 Å². The van der Waals surface area contributed by atoms with Gasteiger partial charge in [-0.15, -0.1) is 0 Å². The Morgan fingerprint density at radius 2 is 1.88 bits per heavy atom. The lowest BCUT2D eigenvalue weighted by molar-refractivity contribution is -0.0258. The van der Waals surface area contributed by atoms with Crippen molar-refractivity contribution in [3.8, 4) is 0 Å². The van der Waals surface area contributed by atoms with Crippen molar-refractivity contribution in [2.75, 3.05) is 14.2 Å². The van der Waals surface area contributed by atoms with E-state index >= 15 is 0 Å². The SMILES string of the molecule is CON(C)S(=O)(=O)c1cccc(C(=O)N(C2CC2)C(C)C(C)C)c1. The molecule has 1 aromatic carbocycles. The summed E-state index contributed by atoms with van der Waals surface area (Å²) in [7, 11) is -1.17. The highest BCUT2D eigenvalue weighted by atomic mass is 32.2. The van der Waals surface area contributed by atoms with Crippen LogP contribution in [0.3, 0.4) is 0 Å². The summed E-state index contributed by atoms with van der Waals surface area (Å²) in [5.41, 5.74) is 0.389. The predicted molar refractivity (Wildman–Crippen MR) is 91.9 cm³/mol. The molecule has 134 valence electrons. The second-order valence-corrected chi connectivity index (χ2v) is 8.49. The quantitative estimate of drug-likeness (QED) is 0.706. The van der Waals surface area contributed by atoms with Crippen LogP contribution in [-0.2, 0) is 14.9 Å². The van der Waals surface area contributed by atoms with E-state index in [4.69, 9.17) is 4.84 Å². The first kappa shape index (κ1) is 18.9. The van der Waals surface area contributed by atoms with Gasteiger partial charge in [-0.05, 0) is 43.9 Å². The Hall–Kier alpha value is -1.44. The molecule has 6 nitrogen and oxygen atoms in total. The van der Waals surface area contributed by atoms with Gasteiger partial charge in [-0.25, -0.2) is 8.42 Å². The maximum Gasteiger partial charge on any atom is 0.264 e. The minimum atomic E-state index is -3.77. The van der Waals surface area contributed by atoms with Gasteiger partial charge in [-0.3, -0.25) is 9.63 Å². The molecular formula is C17H26N2O4S. The molecule has 0 saturated heterocycles. The first-order valence-corrected chi connectivity index (χ1v) is 9.60. The largest absolute Gasteiger partial charge is 0.333 e. The second kappa shape index (κ2) is 7.21. The molecule has 1 aliphatic rings. The molecule has 1 fully saturated rings. The molecule has 1 atom stereocenters. The number of benzene rings is 1. The lowest BCUT2D eigenvalue weighted by atomic mass is 10.0. The van der Waals surface area contributed by atoms with Crippen molar-refractivity contribution in [3.05, 3.63) is 29.8 Å². The standard InChI is InChI=1S/C17H26N2O4S/c1-12(2)13(3)19(15-9-10-15)17(20)14-7-6-8-16(11-14)24(21,22)18(4)23-5/h6-8,11-13,15H,9-10H2,1-5H3. The number of carbonyl (C=O) groups excluding carboxylic acids is 1. The van der Waals surface area contributed by atoms with E-state index in [0.29, 0.717) is 11.5 Å². The minimum Gasteiger partial charge on any atom is -0.333 e. The lowest BCUT2D eigenvalue weighted by Crippen LogP contribution is -2.43. The van der Waals surface area contributed by atoms with Gasteiger partial charge >= 0.3 is 0 Å². The Morgan fingerprint density at radius 1 is 1.25 bits per heavy atom. The van der Waals surface area contributed by atoms with Crippen molar-refractivity contribution in [2.45, 2.75) is 50.6 Å². The average Bonchev–Trinajstić information content (AvgIpc) is 3.38. The maximum atomic E-state index is 13.0. The fraction of sp³-hybridized carbons (Fsp3) is 0.588. The van der Waals surface area contributed by atoms with Crippen LogP contribution < -0.4 is 0 Å². The number of hydrogen-bond donors (Lipinski definition) is 0. The van der Waals surface area contributed by atoms with E-state index in [1.165, 1.54) is 26.3 Å². The van der Waals surface area contributed by atoms with Crippen LogP contribution in [0.2, 0.25) is 0 Å². The van der Waals surface area contributed by atoms with Crippen molar-refractivity contribution < 1.29 is 18.0 Å². The van der Waals surface area contributed by atoms with E-state index in [1.54, 1.807) is 12.1 Å². The monoisotopic (exact) mass is 354 g/mol. The van der Waals surface area contributed by atoms with Gasteiger partial charge in [0.1, 0.15) is 0 Å². The van der Waals surface area contributed by atoms with Crippen LogP contribution in [0, 0.1) is 5.92 Å². The molecule has 0 spiro atoms. The fourth-order valence-corrected chi connectivity index (χ4v) is 3.56. The highest BCUT2D eigenvalue weighted by molar-refractivity contribution is 7.89. The summed E-state index contributed by atoms with van der Waals surface area (Å²) in [6, 6.07) is 6.51. The number of amides is 1. The topological polar surface area (TPSA) is 66.9 Å². The summed E-state index contributed by atoms with van der Waals surface area (Å²) in [5.74, 6) is 0.219. The Labute approximate surface area is 144 Å². The molecule has 1 aliphatic carbocycles. The van der Waals surface area contributed by atoms with Crippen LogP contribution in [0.1, 0.15) is 44.0 Å². The Morgan fingerprint density at radius 3 is 2.38 bits per heavy atom. The van der Waals surface area contributed by atoms with Crippen LogP contribution in [0.4, 0.5) is 0 Å². The predicted octanol–water partition coefficient (Wildman–Crippen LogP) is 2.52. The Kier molecular flexibility index (Phi) is 5.67. The second-order valence-electron chi connectivity index (χ2n) is 6.55. The number of nitrogens with zero attached hydrogens (tertiary/aromatic N) is 2. The summed E-state index contributed by atoms with van der Waals surface area (Å²) in [6.45, 7) is 6.21. The van der Waals surface area contributed by atoms with Crippen LogP contribution in [0.5, 0.6) is 0 Å². The number of hydroxylamine groups is 1. The lowest BCUT2D eigenvalue weighted by Gasteiger charge is -2.32. The third-order valence-corrected chi connectivity index (χ3v) is 6.23. The van der Waals surface area contributed by atoms with Crippen LogP contribution in [0.25, 0.3) is 0 Å². The number of hydrogen-bond acceptors (Lipinski definition) is 4. The molecule has 0 aromatic heterocycles. The van der Waals surface area contributed by atoms with Crippen molar-refractivity contribution in [1.29, 1.82) is 0 Å². The van der Waals surface area contributed by atoms with Crippen molar-refractivity contribution >= 4 is 15.9 Å². The van der Waals surface area contributed by atoms with Crippen molar-refractivity contribution in [2.24, 2.45) is 5.92 Å². The van der Waals surface area contributed by atoms with Gasteiger partial charge in [0.2, 0.25) is 0 Å². The van der Waals surface area contributed by atoms with Gasteiger partial charge in [-0.1, -0.05) is 24.4 Å². The molecule has 1 unspecified atom stereocenters. The van der Waals surface area contributed by atoms with E-state index in [-0.39, 0.29) is 22.9 Å². The third-order valence-electron chi connectivity index (χ3n) is 4.55. The zero-order valence-electron chi connectivity index (χ0n) is 14.9. The number of sulfonamides is 1. The molecule has 0 radical (unpaired) electrons. The molecule has 0 heterocycles. The first-order valence-electron chi connectivity index (χ1n) is 8.16. The zero-order chi connectivity index (χ0) is 18.1. The molecule has 7 heteroatoms. The Bertz CT molecular complexity index is 698. The summed E-state index contributed by atoms with van der Waals surface area (Å²) in [6.07, 6.45) is 2.01. The average molecular weight is 354 g/mol. The minimum absolute atomic E-state index is 0.0469. The molecule has 1 amide bonds. The molecule has 1 saturated carbocycles. The van der Waals surface area contributed by atoms with Gasteiger partial charge in [-0.2, -0.15) is 0 Å². The molecule has 1 aromatic rings. The van der Waals surface area contributed by atoms with E-state index in [0.717, 1.165) is 17.3 Å². The van der Waals surface area contributed by atoms with Crippen molar-refractivity contribution in [3.63, 3.8) is 0 Å². The highest BCUT2D eigenvalue weighted by Crippen LogP contribution is 2.32. The molecular weight excluding hydrogens is 328 g/mol. The summed E-state index contributed by atoms with van der Waals surface area (Å²) >= 11 is 0. The summed E-state index contributed by atoms with van der Waals surface area (Å²) in [4.78, 5) is 19.7. The van der Waals surface area contributed by atoms with Gasteiger partial charge in [0.05, 0.1) is 12.0 Å². The van der Waals surface area contributed by atoms with Gasteiger partial charge in [0, 0.05) is 24.7 Å². The number of rotatable bonds is 7. The summed E-state index contributed by atoms with van der Waals surface area (Å²) < 4.78 is 25.5. The summed E-state index contributed by atoms with van der Waals surface area (Å²) in [5, 5.41) is 0.